The molecule has 0 radical (unpaired) electrons. The Morgan fingerprint density at radius 1 is 1.03 bits per heavy atom. The molecule has 2 saturated heterocycles. The smallest absolute Gasteiger partial charge is 0.367 e. The van der Waals surface area contributed by atoms with Crippen molar-refractivity contribution < 1.29 is 74.9 Å². The number of hydrogen-bond acceptors (Lipinski definition) is 14. The number of nitrogens with one attached hydrogen (secondary N) is 1. The molecule has 0 saturated carbocycles. The van der Waals surface area contributed by atoms with Crippen LogP contribution in [0.5, 0.6) is 0 Å². The van der Waals surface area contributed by atoms with Crippen LogP contribution in [0.4, 0.5) is 0 Å². The fraction of sp³-hybridized carbons (Fsp3) is 0.882. The van der Waals surface area contributed by atoms with Gasteiger partial charge in [0.05, 0.1) is 19.3 Å². The molecular weight excluding hydrogens is 458 g/mol. The molecule has 0 aliphatic carbocycles. The van der Waals surface area contributed by atoms with Gasteiger partial charge in [-0.1, -0.05) is 0 Å². The lowest BCUT2D eigenvalue weighted by Crippen LogP contribution is -2.74. The molecule has 1 amide bonds. The third-order valence-corrected chi connectivity index (χ3v) is 5.48. The summed E-state index contributed by atoms with van der Waals surface area (Å²) >= 11 is 0. The average Bonchev–Trinajstić information content (AvgIpc) is 2.76. The van der Waals surface area contributed by atoms with Crippen LogP contribution in [-0.2, 0) is 23.8 Å². The molecule has 0 spiro atoms. The summed E-state index contributed by atoms with van der Waals surface area (Å²) in [5, 5.41) is 101. The van der Waals surface area contributed by atoms with Crippen molar-refractivity contribution in [2.75, 3.05) is 13.2 Å². The topological polar surface area (TPSA) is 276 Å². The lowest BCUT2D eigenvalue weighted by atomic mass is 9.86. The van der Waals surface area contributed by atoms with Crippen LogP contribution in [0, 0.1) is 0 Å². The summed E-state index contributed by atoms with van der Waals surface area (Å²) in [6.07, 6.45) is -19.9. The van der Waals surface area contributed by atoms with Gasteiger partial charge in [-0.2, -0.15) is 0 Å². The molecule has 16 nitrogen and oxygen atoms in total. The van der Waals surface area contributed by atoms with E-state index in [0.29, 0.717) is 0 Å². The molecule has 11 N–H and O–H groups in total. The first-order valence-electron chi connectivity index (χ1n) is 9.81. The Kier molecular flexibility index (Phi) is 9.07. The van der Waals surface area contributed by atoms with Crippen LogP contribution in [0.25, 0.3) is 0 Å². The maximum absolute atomic E-state index is 12.1. The first kappa shape index (κ1) is 27.7. The van der Waals surface area contributed by atoms with E-state index in [1.54, 1.807) is 0 Å². The van der Waals surface area contributed by atoms with Gasteiger partial charge in [0, 0.05) is 6.92 Å². The van der Waals surface area contributed by atoms with Gasteiger partial charge in [0.25, 0.3) is 5.79 Å². The standard InChI is InChI=1S/C17H29NO15/c1-4(20)18-7-10(24)14(27)17(16(29)30,33-13(7)8(22)5(21)2-19)31-3-6-9(23)11(25)12(26)15(28)32-6/h5-15,19,21-28H,2-3H2,1H3,(H,18,20)(H,29,30)/t5-,6-,7-,8-,9-,10-,11+,12-,13-,14+,15?,17+/m1/s1. The first-order chi connectivity index (χ1) is 15.3. The zero-order valence-electron chi connectivity index (χ0n) is 17.3. The lowest BCUT2D eigenvalue weighted by molar-refractivity contribution is -0.360. The van der Waals surface area contributed by atoms with Gasteiger partial charge in [0.1, 0.15) is 54.9 Å². The Bertz CT molecular complexity index is 695. The van der Waals surface area contributed by atoms with E-state index in [1.165, 1.54) is 0 Å². The van der Waals surface area contributed by atoms with E-state index in [1.807, 2.05) is 0 Å². The third-order valence-electron chi connectivity index (χ3n) is 5.48. The molecule has 2 heterocycles. The fourth-order valence-corrected chi connectivity index (χ4v) is 3.60. The van der Waals surface area contributed by atoms with Crippen molar-refractivity contribution in [3.05, 3.63) is 0 Å². The highest BCUT2D eigenvalue weighted by Crippen LogP contribution is 2.35. The van der Waals surface area contributed by atoms with Crippen molar-refractivity contribution in [2.45, 2.75) is 80.0 Å². The van der Waals surface area contributed by atoms with Crippen molar-refractivity contribution in [2.24, 2.45) is 0 Å². The first-order valence-corrected chi connectivity index (χ1v) is 9.81. The van der Waals surface area contributed by atoms with Crippen molar-refractivity contribution in [3.63, 3.8) is 0 Å². The number of carbonyl (C=O) groups excluding carboxylic acids is 1. The molecule has 2 rings (SSSR count). The molecule has 16 heteroatoms. The predicted octanol–water partition coefficient (Wildman–Crippen LogP) is -7.08. The zero-order chi connectivity index (χ0) is 25.2. The van der Waals surface area contributed by atoms with Gasteiger partial charge < -0.3 is 70.6 Å². The lowest BCUT2D eigenvalue weighted by Gasteiger charge is -2.49. The second-order valence-electron chi connectivity index (χ2n) is 7.81. The Morgan fingerprint density at radius 2 is 1.64 bits per heavy atom. The summed E-state index contributed by atoms with van der Waals surface area (Å²) in [4.78, 5) is 23.6. The number of ether oxygens (including phenoxy) is 3. The highest BCUT2D eigenvalue weighted by Gasteiger charge is 2.62. The van der Waals surface area contributed by atoms with Gasteiger partial charge >= 0.3 is 5.97 Å². The summed E-state index contributed by atoms with van der Waals surface area (Å²) in [7, 11) is 0. The number of aliphatic hydroxyl groups excluding tert-OH is 9. The van der Waals surface area contributed by atoms with E-state index in [9.17, 15) is 55.5 Å². The summed E-state index contributed by atoms with van der Waals surface area (Å²) in [5.74, 6) is -6.00. The van der Waals surface area contributed by atoms with Crippen molar-refractivity contribution >= 4 is 11.9 Å². The number of hydrogen-bond donors (Lipinski definition) is 11. The Hall–Kier alpha value is -1.54. The van der Waals surface area contributed by atoms with Crippen LogP contribution < -0.4 is 5.32 Å². The minimum atomic E-state index is -3.18. The van der Waals surface area contributed by atoms with Gasteiger partial charge in [-0.15, -0.1) is 0 Å². The molecule has 2 aliphatic rings. The maximum Gasteiger partial charge on any atom is 0.367 e. The van der Waals surface area contributed by atoms with Crippen molar-refractivity contribution in [3.8, 4) is 0 Å². The van der Waals surface area contributed by atoms with Crippen LogP contribution in [0.3, 0.4) is 0 Å². The second kappa shape index (κ2) is 10.8. The molecule has 1 unspecified atom stereocenters. The summed E-state index contributed by atoms with van der Waals surface area (Å²) in [5.41, 5.74) is 0. The van der Waals surface area contributed by atoms with E-state index in [4.69, 9.17) is 19.3 Å². The normalized spacial score (nSPS) is 43.5. The van der Waals surface area contributed by atoms with Gasteiger partial charge in [-0.25, -0.2) is 4.79 Å². The third kappa shape index (κ3) is 5.42. The SMILES string of the molecule is CC(=O)N[C@@H]1[C@@H](O)[C@H](O)[C@@](OC[C@H]2OC(O)[C@H](O)[C@@H](O)[C@@H]2O)(C(=O)O)O[C@H]1[C@H](O)[C@H](O)CO. The Balaban J connectivity index is 2.35. The molecule has 192 valence electrons. The van der Waals surface area contributed by atoms with E-state index in [-0.39, 0.29) is 0 Å². The molecule has 2 aliphatic heterocycles. The van der Waals surface area contributed by atoms with Crippen LogP contribution in [-0.4, -0.2) is 149 Å². The number of aliphatic carboxylic acids is 1. The quantitative estimate of drug-likeness (QED) is 0.152. The zero-order valence-corrected chi connectivity index (χ0v) is 17.3. The van der Waals surface area contributed by atoms with Crippen LogP contribution in [0.1, 0.15) is 6.92 Å². The number of aliphatic hydroxyl groups is 9. The Labute approximate surface area is 186 Å². The van der Waals surface area contributed by atoms with Gasteiger partial charge in [-0.05, 0) is 0 Å². The van der Waals surface area contributed by atoms with Crippen molar-refractivity contribution in [1.29, 1.82) is 0 Å². The highest BCUT2D eigenvalue weighted by molar-refractivity contribution is 5.77. The van der Waals surface area contributed by atoms with E-state index < -0.39 is 98.1 Å². The van der Waals surface area contributed by atoms with Gasteiger partial charge in [0.15, 0.2) is 6.29 Å². The number of carboxylic acid groups (broad SMARTS) is 1. The predicted molar refractivity (Wildman–Crippen MR) is 98.8 cm³/mol. The number of rotatable bonds is 8. The molecule has 0 aromatic heterocycles. The summed E-state index contributed by atoms with van der Waals surface area (Å²) in [6.45, 7) is -1.00. The molecule has 0 bridgehead atoms. The van der Waals surface area contributed by atoms with Crippen LogP contribution >= 0.6 is 0 Å². The minimum absolute atomic E-state index is 0.783. The van der Waals surface area contributed by atoms with Gasteiger partial charge in [-0.3, -0.25) is 4.79 Å². The van der Waals surface area contributed by atoms with Gasteiger partial charge in [0.2, 0.25) is 5.91 Å². The second-order valence-corrected chi connectivity index (χ2v) is 7.81. The van der Waals surface area contributed by atoms with E-state index in [0.717, 1.165) is 6.92 Å². The number of amides is 1. The molecule has 12 atom stereocenters. The highest BCUT2D eigenvalue weighted by atomic mass is 16.7. The number of carboxylic acids is 1. The fourth-order valence-electron chi connectivity index (χ4n) is 3.60. The average molecular weight is 487 g/mol. The molecule has 33 heavy (non-hydrogen) atoms. The largest absolute Gasteiger partial charge is 0.477 e. The van der Waals surface area contributed by atoms with Crippen LogP contribution in [0.15, 0.2) is 0 Å². The minimum Gasteiger partial charge on any atom is -0.477 e. The molecule has 0 aromatic rings. The number of carbonyl (C=O) groups is 2. The summed E-state index contributed by atoms with van der Waals surface area (Å²) < 4.78 is 15.2. The molecular formula is C17H29NO15. The van der Waals surface area contributed by atoms with E-state index in [2.05, 4.69) is 5.32 Å². The van der Waals surface area contributed by atoms with Crippen molar-refractivity contribution in [1.82, 2.24) is 5.32 Å². The molecule has 0 aromatic carbocycles. The van der Waals surface area contributed by atoms with Crippen LogP contribution in [0.2, 0.25) is 0 Å². The molecule has 2 fully saturated rings. The monoisotopic (exact) mass is 487 g/mol. The summed E-state index contributed by atoms with van der Waals surface area (Å²) in [6, 6.07) is -1.67. The Morgan fingerprint density at radius 3 is 2.15 bits per heavy atom. The maximum atomic E-state index is 12.1. The van der Waals surface area contributed by atoms with E-state index >= 15 is 0 Å².